The van der Waals surface area contributed by atoms with Gasteiger partial charge >= 0.3 is 0 Å². The zero-order valence-electron chi connectivity index (χ0n) is 14.5. The number of quaternary nitrogens is 2. The van der Waals surface area contributed by atoms with Crippen LogP contribution in [0, 0.1) is 0 Å². The molecule has 3 rings (SSSR count). The molecule has 0 saturated carbocycles. The molecule has 0 aromatic heterocycles. The molecule has 0 unspecified atom stereocenters. The van der Waals surface area contributed by atoms with E-state index < -0.39 is 0 Å². The summed E-state index contributed by atoms with van der Waals surface area (Å²) in [6, 6.07) is 19.0. The van der Waals surface area contributed by atoms with E-state index in [0.29, 0.717) is 0 Å². The van der Waals surface area contributed by atoms with Crippen molar-refractivity contribution in [1.82, 2.24) is 0 Å². The molecule has 1 heterocycles. The van der Waals surface area contributed by atoms with E-state index in [-0.39, 0.29) is 0 Å². The topological polar surface area (TPSA) is 18.1 Å². The normalized spacial score (nSPS) is 21.0. The van der Waals surface area contributed by atoms with Crippen molar-refractivity contribution in [2.24, 2.45) is 0 Å². The highest BCUT2D eigenvalue weighted by atomic mass is 16.5. The Morgan fingerprint density at radius 2 is 1.54 bits per heavy atom. The van der Waals surface area contributed by atoms with Gasteiger partial charge in [0.1, 0.15) is 38.5 Å². The van der Waals surface area contributed by atoms with Crippen molar-refractivity contribution in [3.8, 4) is 5.75 Å². The molecule has 0 radical (unpaired) electrons. The van der Waals surface area contributed by atoms with Crippen LogP contribution in [-0.2, 0) is 6.54 Å². The molecule has 1 saturated heterocycles. The Morgan fingerprint density at radius 1 is 0.875 bits per heavy atom. The Balaban J connectivity index is 1.45. The number of nitrogens with one attached hydrogen (secondary N) is 2. The maximum atomic E-state index is 5.40. The number of ether oxygens (including phenoxy) is 1. The summed E-state index contributed by atoms with van der Waals surface area (Å²) in [4.78, 5) is 3.39. The number of rotatable bonds is 6. The van der Waals surface area contributed by atoms with Gasteiger partial charge in [-0.05, 0) is 18.2 Å². The number of para-hydroxylation sites is 1. The molecular weight excluding hydrogens is 296 g/mol. The molecule has 1 aliphatic heterocycles. The van der Waals surface area contributed by atoms with E-state index in [1.165, 1.54) is 31.7 Å². The molecule has 126 valence electrons. The third-order valence-electron chi connectivity index (χ3n) is 4.80. The number of methoxy groups -OCH3 is 1. The number of hydrogen-bond donors (Lipinski definition) is 2. The summed E-state index contributed by atoms with van der Waals surface area (Å²) >= 11 is 0. The van der Waals surface area contributed by atoms with Crippen molar-refractivity contribution in [3.05, 3.63) is 71.8 Å². The lowest BCUT2D eigenvalue weighted by molar-refractivity contribution is -1.02. The van der Waals surface area contributed by atoms with Gasteiger partial charge in [-0.15, -0.1) is 0 Å². The molecule has 0 aliphatic carbocycles. The molecule has 0 atom stereocenters. The SMILES string of the molecule is COc1ccccc1/C=C/C[NH+]1CC[NH+](Cc2ccccc2)CC1. The van der Waals surface area contributed by atoms with Gasteiger partial charge in [-0.25, -0.2) is 0 Å². The van der Waals surface area contributed by atoms with Crippen molar-refractivity contribution in [2.75, 3.05) is 39.8 Å². The van der Waals surface area contributed by atoms with Gasteiger partial charge in [-0.3, -0.25) is 0 Å². The van der Waals surface area contributed by atoms with Crippen LogP contribution in [0.4, 0.5) is 0 Å². The lowest BCUT2D eigenvalue weighted by Gasteiger charge is -2.29. The van der Waals surface area contributed by atoms with Gasteiger partial charge < -0.3 is 14.5 Å². The van der Waals surface area contributed by atoms with Crippen LogP contribution in [0.15, 0.2) is 60.7 Å². The average Bonchev–Trinajstić information content (AvgIpc) is 2.64. The highest BCUT2D eigenvalue weighted by molar-refractivity contribution is 5.57. The molecular formula is C21H28N2O+2. The summed E-state index contributed by atoms with van der Waals surface area (Å²) in [5.74, 6) is 0.945. The predicted octanol–water partition coefficient (Wildman–Crippen LogP) is 0.692. The third-order valence-corrected chi connectivity index (χ3v) is 4.80. The first-order chi connectivity index (χ1) is 11.8. The maximum Gasteiger partial charge on any atom is 0.127 e. The van der Waals surface area contributed by atoms with Crippen LogP contribution in [0.25, 0.3) is 6.08 Å². The summed E-state index contributed by atoms with van der Waals surface area (Å²) in [5.41, 5.74) is 2.61. The van der Waals surface area contributed by atoms with Gasteiger partial charge in [0.15, 0.2) is 0 Å². The molecule has 0 spiro atoms. The molecule has 1 aliphatic rings. The highest BCUT2D eigenvalue weighted by Gasteiger charge is 2.21. The van der Waals surface area contributed by atoms with Crippen molar-refractivity contribution in [3.63, 3.8) is 0 Å². The average molecular weight is 324 g/mol. The van der Waals surface area contributed by atoms with Crippen LogP contribution >= 0.6 is 0 Å². The smallest absolute Gasteiger partial charge is 0.127 e. The molecule has 1 fully saturated rings. The standard InChI is InChI=1S/C21H26N2O/c1-24-21-12-6-5-10-20(21)11-7-13-22-14-16-23(17-15-22)18-19-8-3-2-4-9-19/h2-12H,13-18H2,1H3/p+2/b11-7+. The zero-order valence-corrected chi connectivity index (χ0v) is 14.5. The van der Waals surface area contributed by atoms with Crippen LogP contribution in [0.2, 0.25) is 0 Å². The summed E-state index contributed by atoms with van der Waals surface area (Å²) in [5, 5.41) is 0. The van der Waals surface area contributed by atoms with Gasteiger partial charge in [-0.1, -0.05) is 48.5 Å². The first-order valence-corrected chi connectivity index (χ1v) is 8.86. The molecule has 2 N–H and O–H groups in total. The minimum Gasteiger partial charge on any atom is -0.496 e. The summed E-state index contributed by atoms with van der Waals surface area (Å²) in [7, 11) is 1.73. The molecule has 3 heteroatoms. The second kappa shape index (κ2) is 8.67. The Morgan fingerprint density at radius 3 is 2.29 bits per heavy atom. The summed E-state index contributed by atoms with van der Waals surface area (Å²) < 4.78 is 5.40. The quantitative estimate of drug-likeness (QED) is 0.800. The number of benzene rings is 2. The van der Waals surface area contributed by atoms with Gasteiger partial charge in [0.25, 0.3) is 0 Å². The van der Waals surface area contributed by atoms with Crippen LogP contribution in [0.3, 0.4) is 0 Å². The van der Waals surface area contributed by atoms with Crippen LogP contribution in [-0.4, -0.2) is 39.8 Å². The van der Waals surface area contributed by atoms with Gasteiger partial charge in [-0.2, -0.15) is 0 Å². The second-order valence-electron chi connectivity index (χ2n) is 6.51. The first-order valence-electron chi connectivity index (χ1n) is 8.86. The molecule has 3 nitrogen and oxygen atoms in total. The molecule has 2 aromatic carbocycles. The summed E-state index contributed by atoms with van der Waals surface area (Å²) in [6.07, 6.45) is 4.48. The third kappa shape index (κ3) is 4.70. The number of hydrogen-bond acceptors (Lipinski definition) is 1. The zero-order chi connectivity index (χ0) is 16.6. The fourth-order valence-electron chi connectivity index (χ4n) is 3.38. The Labute approximate surface area is 145 Å². The first kappa shape index (κ1) is 16.7. The van der Waals surface area contributed by atoms with Gasteiger partial charge in [0.05, 0.1) is 13.7 Å². The lowest BCUT2D eigenvalue weighted by atomic mass is 10.2. The Hall–Kier alpha value is -2.10. The summed E-state index contributed by atoms with van der Waals surface area (Å²) in [6.45, 7) is 7.26. The molecule has 0 bridgehead atoms. The van der Waals surface area contributed by atoms with Crippen LogP contribution in [0.1, 0.15) is 11.1 Å². The van der Waals surface area contributed by atoms with Crippen molar-refractivity contribution in [2.45, 2.75) is 6.54 Å². The monoisotopic (exact) mass is 324 g/mol. The van der Waals surface area contributed by atoms with E-state index in [1.807, 2.05) is 12.1 Å². The molecule has 24 heavy (non-hydrogen) atoms. The van der Waals surface area contributed by atoms with E-state index in [2.05, 4.69) is 54.6 Å². The van der Waals surface area contributed by atoms with Crippen molar-refractivity contribution in [1.29, 1.82) is 0 Å². The minimum absolute atomic E-state index is 0.945. The van der Waals surface area contributed by atoms with E-state index in [1.54, 1.807) is 16.9 Å². The van der Waals surface area contributed by atoms with Crippen LogP contribution in [0.5, 0.6) is 5.75 Å². The highest BCUT2D eigenvalue weighted by Crippen LogP contribution is 2.18. The molecule has 2 aromatic rings. The van der Waals surface area contributed by atoms with E-state index in [4.69, 9.17) is 4.74 Å². The van der Waals surface area contributed by atoms with Gasteiger partial charge in [0.2, 0.25) is 0 Å². The van der Waals surface area contributed by atoms with Crippen LogP contribution < -0.4 is 14.5 Å². The number of piperazine rings is 1. The fourth-order valence-corrected chi connectivity index (χ4v) is 3.38. The second-order valence-corrected chi connectivity index (χ2v) is 6.51. The lowest BCUT2D eigenvalue weighted by Crippen LogP contribution is -3.27. The Kier molecular flexibility index (Phi) is 6.05. The Bertz CT molecular complexity index is 646. The maximum absolute atomic E-state index is 5.40. The fraction of sp³-hybridized carbons (Fsp3) is 0.333. The van der Waals surface area contributed by atoms with E-state index >= 15 is 0 Å². The minimum atomic E-state index is 0.945. The largest absolute Gasteiger partial charge is 0.496 e. The van der Waals surface area contributed by atoms with E-state index in [0.717, 1.165) is 24.4 Å². The predicted molar refractivity (Wildman–Crippen MR) is 98.4 cm³/mol. The molecule has 0 amide bonds. The van der Waals surface area contributed by atoms with E-state index in [9.17, 15) is 0 Å². The van der Waals surface area contributed by atoms with Gasteiger partial charge in [0, 0.05) is 11.1 Å². The van der Waals surface area contributed by atoms with Crippen molar-refractivity contribution < 1.29 is 14.5 Å². The van der Waals surface area contributed by atoms with Crippen molar-refractivity contribution >= 4 is 6.08 Å².